The topological polar surface area (TPSA) is 41.5 Å². The van der Waals surface area contributed by atoms with Gasteiger partial charge in [-0.1, -0.05) is 30.4 Å². The molecule has 2 aromatic carbocycles. The molecule has 126 valence electrons. The van der Waals surface area contributed by atoms with E-state index in [1.165, 1.54) is 0 Å². The van der Waals surface area contributed by atoms with E-state index < -0.39 is 5.60 Å². The van der Waals surface area contributed by atoms with Crippen LogP contribution in [-0.4, -0.2) is 15.7 Å². The van der Waals surface area contributed by atoms with Gasteiger partial charge in [-0.15, -0.1) is 0 Å². The molecule has 1 aliphatic rings. The van der Waals surface area contributed by atoms with Gasteiger partial charge in [-0.3, -0.25) is 0 Å². The quantitative estimate of drug-likeness (QED) is 0.767. The summed E-state index contributed by atoms with van der Waals surface area (Å²) in [7, 11) is 0. The molecular formula is C20H23NO2S. The first-order valence-corrected chi connectivity index (χ1v) is 8.61. The van der Waals surface area contributed by atoms with Crippen LogP contribution in [0.5, 0.6) is 11.5 Å². The highest BCUT2D eigenvalue weighted by Gasteiger charge is 2.38. The number of anilines is 1. The molecule has 0 saturated heterocycles. The Kier molecular flexibility index (Phi) is 4.26. The average Bonchev–Trinajstić information content (AvgIpc) is 2.59. The lowest BCUT2D eigenvalue weighted by molar-refractivity contribution is 0.134. The van der Waals surface area contributed by atoms with Crippen LogP contribution >= 0.6 is 12.2 Å². The maximum Gasteiger partial charge on any atom is 0.156 e. The average molecular weight is 341 g/mol. The van der Waals surface area contributed by atoms with Crippen LogP contribution in [0, 0.1) is 20.8 Å². The van der Waals surface area contributed by atoms with Crippen molar-refractivity contribution in [3.8, 4) is 11.5 Å². The maximum atomic E-state index is 10.3. The number of nitrogens with one attached hydrogen (secondary N) is 1. The number of thiocarbonyl (C=S) groups is 1. The number of aromatic hydroxyl groups is 1. The standard InChI is InChI=1S/C20H23NO2S/c1-12-13(2)18-16(14(3)17(12)22)10-11-20(4,23-18)19(24)21-15-8-6-5-7-9-15/h5-9,22H,10-11H2,1-4H3,(H,21,24)/t20-/m0/s1. The van der Waals surface area contributed by atoms with Crippen LogP contribution in [0.1, 0.15) is 35.6 Å². The van der Waals surface area contributed by atoms with Crippen LogP contribution in [0.3, 0.4) is 0 Å². The van der Waals surface area contributed by atoms with Crippen molar-refractivity contribution in [3.63, 3.8) is 0 Å². The Morgan fingerprint density at radius 3 is 2.46 bits per heavy atom. The summed E-state index contributed by atoms with van der Waals surface area (Å²) in [5, 5.41) is 13.6. The van der Waals surface area contributed by atoms with Crippen LogP contribution in [0.2, 0.25) is 0 Å². The fraction of sp³-hybridized carbons (Fsp3) is 0.350. The smallest absolute Gasteiger partial charge is 0.156 e. The van der Waals surface area contributed by atoms with Crippen LogP contribution in [0.25, 0.3) is 0 Å². The molecule has 2 N–H and O–H groups in total. The summed E-state index contributed by atoms with van der Waals surface area (Å²) in [6.45, 7) is 7.90. The summed E-state index contributed by atoms with van der Waals surface area (Å²) >= 11 is 5.65. The zero-order chi connectivity index (χ0) is 17.5. The fourth-order valence-corrected chi connectivity index (χ4v) is 3.45. The zero-order valence-corrected chi connectivity index (χ0v) is 15.4. The lowest BCUT2D eigenvalue weighted by atomic mass is 9.87. The molecule has 1 heterocycles. The van der Waals surface area contributed by atoms with Crippen molar-refractivity contribution < 1.29 is 9.84 Å². The second-order valence-electron chi connectivity index (χ2n) is 6.68. The minimum absolute atomic E-state index is 0.378. The number of hydrogen-bond donors (Lipinski definition) is 2. The second-order valence-corrected chi connectivity index (χ2v) is 7.09. The summed E-state index contributed by atoms with van der Waals surface area (Å²) in [5.41, 5.74) is 4.28. The number of ether oxygens (including phenoxy) is 1. The number of hydrogen-bond acceptors (Lipinski definition) is 3. The molecule has 0 aromatic heterocycles. The molecular weight excluding hydrogens is 318 g/mol. The van der Waals surface area contributed by atoms with Gasteiger partial charge in [0.25, 0.3) is 0 Å². The van der Waals surface area contributed by atoms with Gasteiger partial charge in [0.1, 0.15) is 16.5 Å². The van der Waals surface area contributed by atoms with Crippen LogP contribution in [-0.2, 0) is 6.42 Å². The third kappa shape index (κ3) is 2.75. The largest absolute Gasteiger partial charge is 0.507 e. The van der Waals surface area contributed by atoms with Crippen LogP contribution in [0.4, 0.5) is 5.69 Å². The van der Waals surface area contributed by atoms with Gasteiger partial charge in [0, 0.05) is 11.3 Å². The minimum atomic E-state index is -0.557. The van der Waals surface area contributed by atoms with Gasteiger partial charge in [-0.2, -0.15) is 0 Å². The van der Waals surface area contributed by atoms with Gasteiger partial charge in [0.05, 0.1) is 0 Å². The molecule has 24 heavy (non-hydrogen) atoms. The fourth-order valence-electron chi connectivity index (χ4n) is 3.19. The van der Waals surface area contributed by atoms with Crippen LogP contribution in [0.15, 0.2) is 30.3 Å². The Labute approximate surface area is 148 Å². The molecule has 0 fully saturated rings. The Morgan fingerprint density at radius 1 is 1.12 bits per heavy atom. The Balaban J connectivity index is 1.92. The van der Waals surface area contributed by atoms with Crippen molar-refractivity contribution in [1.29, 1.82) is 0 Å². The molecule has 4 heteroatoms. The van der Waals surface area contributed by atoms with E-state index in [4.69, 9.17) is 17.0 Å². The number of phenols is 1. The van der Waals surface area contributed by atoms with Crippen molar-refractivity contribution >= 4 is 22.9 Å². The number of benzene rings is 2. The first-order valence-electron chi connectivity index (χ1n) is 8.20. The molecule has 1 atom stereocenters. The molecule has 1 aliphatic heterocycles. The van der Waals surface area contributed by atoms with Gasteiger partial charge in [0.2, 0.25) is 0 Å². The number of rotatable bonds is 2. The van der Waals surface area contributed by atoms with Gasteiger partial charge in [0.15, 0.2) is 5.60 Å². The Hall–Kier alpha value is -2.07. The number of para-hydroxylation sites is 1. The summed E-state index contributed by atoms with van der Waals surface area (Å²) in [4.78, 5) is 0.683. The maximum absolute atomic E-state index is 10.3. The van der Waals surface area contributed by atoms with Crippen molar-refractivity contribution in [2.45, 2.75) is 46.1 Å². The van der Waals surface area contributed by atoms with E-state index in [9.17, 15) is 5.11 Å². The zero-order valence-electron chi connectivity index (χ0n) is 14.6. The normalized spacial score (nSPS) is 19.3. The van der Waals surface area contributed by atoms with Crippen molar-refractivity contribution in [1.82, 2.24) is 0 Å². The van der Waals surface area contributed by atoms with E-state index in [1.54, 1.807) is 0 Å². The lowest BCUT2D eigenvalue weighted by Gasteiger charge is -2.38. The predicted octanol–water partition coefficient (Wildman–Crippen LogP) is 4.84. The predicted molar refractivity (Wildman–Crippen MR) is 102 cm³/mol. The highest BCUT2D eigenvalue weighted by molar-refractivity contribution is 7.80. The van der Waals surface area contributed by atoms with Gasteiger partial charge >= 0.3 is 0 Å². The Bertz CT molecular complexity index is 801. The molecule has 0 unspecified atom stereocenters. The molecule has 0 bridgehead atoms. The van der Waals surface area contributed by atoms with E-state index in [0.29, 0.717) is 10.7 Å². The lowest BCUT2D eigenvalue weighted by Crippen LogP contribution is -2.47. The number of phenolic OH excluding ortho intramolecular Hbond substituents is 1. The number of fused-ring (bicyclic) bond motifs is 1. The molecule has 3 rings (SSSR count). The second kappa shape index (κ2) is 6.10. The summed E-state index contributed by atoms with van der Waals surface area (Å²) in [6, 6.07) is 9.91. The third-order valence-electron chi connectivity index (χ3n) is 5.03. The summed E-state index contributed by atoms with van der Waals surface area (Å²) in [6.07, 6.45) is 1.62. The van der Waals surface area contributed by atoms with Gasteiger partial charge in [-0.05, 0) is 69.4 Å². The molecule has 0 amide bonds. The van der Waals surface area contributed by atoms with E-state index in [2.05, 4.69) is 5.32 Å². The first-order chi connectivity index (χ1) is 11.3. The highest BCUT2D eigenvalue weighted by atomic mass is 32.1. The van der Waals surface area contributed by atoms with Crippen molar-refractivity contribution in [3.05, 3.63) is 52.6 Å². The first kappa shape index (κ1) is 16.8. The highest BCUT2D eigenvalue weighted by Crippen LogP contribution is 2.43. The minimum Gasteiger partial charge on any atom is -0.507 e. The monoisotopic (exact) mass is 341 g/mol. The van der Waals surface area contributed by atoms with Crippen molar-refractivity contribution in [2.75, 3.05) is 5.32 Å². The molecule has 0 spiro atoms. The summed E-state index contributed by atoms with van der Waals surface area (Å²) < 4.78 is 6.39. The Morgan fingerprint density at radius 2 is 1.79 bits per heavy atom. The molecule has 3 nitrogen and oxygen atoms in total. The molecule has 2 aromatic rings. The van der Waals surface area contributed by atoms with Gasteiger partial charge in [-0.25, -0.2) is 0 Å². The van der Waals surface area contributed by atoms with Crippen LogP contribution < -0.4 is 10.1 Å². The SMILES string of the molecule is Cc1c(C)c2c(c(C)c1O)CC[C@@](C)(C(=S)Nc1ccccc1)O2. The third-order valence-corrected chi connectivity index (χ3v) is 5.57. The van der Waals surface area contributed by atoms with E-state index in [1.807, 2.05) is 58.0 Å². The van der Waals surface area contributed by atoms with Crippen molar-refractivity contribution in [2.24, 2.45) is 0 Å². The molecule has 0 aliphatic carbocycles. The summed E-state index contributed by atoms with van der Waals surface area (Å²) in [5.74, 6) is 1.25. The van der Waals surface area contributed by atoms with E-state index >= 15 is 0 Å². The molecule has 0 saturated carbocycles. The van der Waals surface area contributed by atoms with Gasteiger partial charge < -0.3 is 15.2 Å². The van der Waals surface area contributed by atoms with E-state index in [0.717, 1.165) is 46.5 Å². The molecule has 0 radical (unpaired) electrons. The van der Waals surface area contributed by atoms with E-state index in [-0.39, 0.29) is 0 Å².